The molecule has 0 unspecified atom stereocenters. The van der Waals surface area contributed by atoms with Gasteiger partial charge in [-0.1, -0.05) is 32.4 Å². The van der Waals surface area contributed by atoms with Gasteiger partial charge in [0.1, 0.15) is 5.15 Å². The van der Waals surface area contributed by atoms with Gasteiger partial charge in [0, 0.05) is 43.7 Å². The first-order valence-corrected chi connectivity index (χ1v) is 11.5. The van der Waals surface area contributed by atoms with Crippen LogP contribution in [-0.4, -0.2) is 57.2 Å². The predicted molar refractivity (Wildman–Crippen MR) is 128 cm³/mol. The molecule has 0 radical (unpaired) electrons. The summed E-state index contributed by atoms with van der Waals surface area (Å²) in [6.07, 6.45) is 0.705. The quantitative estimate of drug-likeness (QED) is 0.394. The van der Waals surface area contributed by atoms with Gasteiger partial charge in [0.25, 0.3) is 11.9 Å². The number of carbonyl (C=O) groups is 1. The molecule has 9 nitrogen and oxygen atoms in total. The van der Waals surface area contributed by atoms with Crippen molar-refractivity contribution in [1.82, 2.24) is 25.1 Å². The molecule has 3 aromatic heterocycles. The van der Waals surface area contributed by atoms with E-state index in [0.717, 1.165) is 5.56 Å². The van der Waals surface area contributed by atoms with Gasteiger partial charge in [-0.2, -0.15) is 4.98 Å². The SMILES string of the molecule is CC(C)(C)Cc1nnc(-c2ccc(C(=O)N3CCN(c4nc5nc(Cl)ccc5o4)CC3)cc2)o1. The molecule has 0 N–H and O–H groups in total. The monoisotopic (exact) mass is 480 g/mol. The Bertz CT molecular complexity index is 1320. The number of halogens is 1. The van der Waals surface area contributed by atoms with Crippen molar-refractivity contribution in [1.29, 1.82) is 0 Å². The zero-order valence-electron chi connectivity index (χ0n) is 19.3. The fraction of sp³-hybridized carbons (Fsp3) is 0.375. The summed E-state index contributed by atoms with van der Waals surface area (Å²) in [5.74, 6) is 1.05. The topological polar surface area (TPSA) is 101 Å². The molecule has 0 aliphatic carbocycles. The molecule has 1 fully saturated rings. The summed E-state index contributed by atoms with van der Waals surface area (Å²) in [6, 6.07) is 11.2. The minimum Gasteiger partial charge on any atom is -0.422 e. The van der Waals surface area contributed by atoms with Gasteiger partial charge in [-0.25, -0.2) is 4.98 Å². The molecule has 34 heavy (non-hydrogen) atoms. The molecule has 1 saturated heterocycles. The van der Waals surface area contributed by atoms with Crippen LogP contribution in [0.3, 0.4) is 0 Å². The summed E-state index contributed by atoms with van der Waals surface area (Å²) in [7, 11) is 0. The number of carbonyl (C=O) groups excluding carboxylic acids is 1. The van der Waals surface area contributed by atoms with Crippen molar-refractivity contribution in [3.8, 4) is 11.5 Å². The molecule has 0 saturated carbocycles. The Labute approximate surface area is 201 Å². The first-order chi connectivity index (χ1) is 16.2. The summed E-state index contributed by atoms with van der Waals surface area (Å²) in [6.45, 7) is 8.72. The third-order valence-corrected chi connectivity index (χ3v) is 5.78. The third-order valence-electron chi connectivity index (χ3n) is 5.57. The lowest BCUT2D eigenvalue weighted by atomic mass is 9.92. The fourth-order valence-corrected chi connectivity index (χ4v) is 4.00. The minimum atomic E-state index is -0.0174. The number of hydrogen-bond acceptors (Lipinski definition) is 8. The average molecular weight is 481 g/mol. The predicted octanol–water partition coefficient (Wildman–Crippen LogP) is 4.48. The van der Waals surface area contributed by atoms with Crippen LogP contribution < -0.4 is 4.90 Å². The van der Waals surface area contributed by atoms with E-state index in [-0.39, 0.29) is 11.3 Å². The maximum absolute atomic E-state index is 13.0. The van der Waals surface area contributed by atoms with E-state index in [9.17, 15) is 4.79 Å². The van der Waals surface area contributed by atoms with Crippen molar-refractivity contribution in [2.24, 2.45) is 5.41 Å². The second-order valence-corrected chi connectivity index (χ2v) is 9.93. The Morgan fingerprint density at radius 3 is 2.41 bits per heavy atom. The maximum Gasteiger partial charge on any atom is 0.300 e. The number of hydrogen-bond donors (Lipinski definition) is 0. The number of amides is 1. The fourth-order valence-electron chi connectivity index (χ4n) is 3.85. The summed E-state index contributed by atoms with van der Waals surface area (Å²) in [4.78, 5) is 25.5. The number of rotatable bonds is 4. The molecule has 4 aromatic rings. The van der Waals surface area contributed by atoms with Crippen LogP contribution in [0.15, 0.2) is 45.2 Å². The molecule has 5 rings (SSSR count). The highest BCUT2D eigenvalue weighted by Crippen LogP contribution is 2.25. The van der Waals surface area contributed by atoms with Gasteiger partial charge in [0.15, 0.2) is 5.58 Å². The molecule has 1 aromatic carbocycles. The van der Waals surface area contributed by atoms with Crippen molar-refractivity contribution >= 4 is 34.8 Å². The minimum absolute atomic E-state index is 0.0174. The normalized spacial score (nSPS) is 14.7. The van der Waals surface area contributed by atoms with E-state index in [1.807, 2.05) is 21.9 Å². The molecule has 0 spiro atoms. The zero-order chi connectivity index (χ0) is 23.9. The van der Waals surface area contributed by atoms with Crippen molar-refractivity contribution in [3.05, 3.63) is 53.0 Å². The lowest BCUT2D eigenvalue weighted by Gasteiger charge is -2.33. The molecule has 10 heteroatoms. The molecule has 1 amide bonds. The van der Waals surface area contributed by atoms with Gasteiger partial charge in [0.05, 0.1) is 0 Å². The van der Waals surface area contributed by atoms with E-state index in [2.05, 4.69) is 40.9 Å². The van der Waals surface area contributed by atoms with E-state index >= 15 is 0 Å². The average Bonchev–Trinajstić information content (AvgIpc) is 3.44. The number of oxazole rings is 1. The maximum atomic E-state index is 13.0. The van der Waals surface area contributed by atoms with Crippen LogP contribution in [0, 0.1) is 5.41 Å². The zero-order valence-corrected chi connectivity index (χ0v) is 20.0. The highest BCUT2D eigenvalue weighted by Gasteiger charge is 2.25. The number of fused-ring (bicyclic) bond motifs is 1. The molecule has 1 aliphatic rings. The van der Waals surface area contributed by atoms with Crippen LogP contribution in [0.4, 0.5) is 6.01 Å². The van der Waals surface area contributed by atoms with Crippen LogP contribution >= 0.6 is 11.6 Å². The summed E-state index contributed by atoms with van der Waals surface area (Å²) < 4.78 is 11.6. The van der Waals surface area contributed by atoms with E-state index in [1.54, 1.807) is 24.3 Å². The molecule has 176 valence electrons. The molecule has 4 heterocycles. The van der Waals surface area contributed by atoms with Crippen molar-refractivity contribution in [2.75, 3.05) is 31.1 Å². The number of piperazine rings is 1. The lowest BCUT2D eigenvalue weighted by Crippen LogP contribution is -2.48. The second kappa shape index (κ2) is 8.72. The van der Waals surface area contributed by atoms with Gasteiger partial charge in [-0.05, 0) is 41.8 Å². The van der Waals surface area contributed by atoms with E-state index in [4.69, 9.17) is 20.4 Å². The van der Waals surface area contributed by atoms with Crippen LogP contribution in [-0.2, 0) is 6.42 Å². The van der Waals surface area contributed by atoms with E-state index in [0.29, 0.717) is 72.3 Å². The number of anilines is 1. The van der Waals surface area contributed by atoms with Gasteiger partial charge in [-0.3, -0.25) is 4.79 Å². The van der Waals surface area contributed by atoms with E-state index < -0.39 is 0 Å². The largest absolute Gasteiger partial charge is 0.422 e. The summed E-state index contributed by atoms with van der Waals surface area (Å²) >= 11 is 5.93. The Hall–Kier alpha value is -3.46. The van der Waals surface area contributed by atoms with Gasteiger partial charge in [0.2, 0.25) is 17.4 Å². The Kier molecular flexibility index (Phi) is 5.73. The van der Waals surface area contributed by atoms with Crippen LogP contribution in [0.2, 0.25) is 5.15 Å². The first-order valence-electron chi connectivity index (χ1n) is 11.2. The number of benzene rings is 1. The third kappa shape index (κ3) is 4.75. The molecular weight excluding hydrogens is 456 g/mol. The summed E-state index contributed by atoms with van der Waals surface area (Å²) in [5, 5.41) is 8.66. The highest BCUT2D eigenvalue weighted by atomic mass is 35.5. The Morgan fingerprint density at radius 1 is 0.971 bits per heavy atom. The Morgan fingerprint density at radius 2 is 1.71 bits per heavy atom. The number of aromatic nitrogens is 4. The smallest absolute Gasteiger partial charge is 0.300 e. The molecule has 0 bridgehead atoms. The van der Waals surface area contributed by atoms with Crippen molar-refractivity contribution < 1.29 is 13.6 Å². The van der Waals surface area contributed by atoms with Gasteiger partial charge < -0.3 is 18.6 Å². The van der Waals surface area contributed by atoms with Crippen molar-refractivity contribution in [2.45, 2.75) is 27.2 Å². The van der Waals surface area contributed by atoms with Crippen LogP contribution in [0.25, 0.3) is 22.7 Å². The highest BCUT2D eigenvalue weighted by molar-refractivity contribution is 6.29. The van der Waals surface area contributed by atoms with E-state index in [1.165, 1.54) is 0 Å². The molecular formula is C24H25ClN6O3. The lowest BCUT2D eigenvalue weighted by molar-refractivity contribution is 0.0745. The summed E-state index contributed by atoms with van der Waals surface area (Å²) in [5.41, 5.74) is 2.54. The van der Waals surface area contributed by atoms with Crippen LogP contribution in [0.1, 0.15) is 37.0 Å². The van der Waals surface area contributed by atoms with Crippen LogP contribution in [0.5, 0.6) is 0 Å². The number of pyridine rings is 1. The van der Waals surface area contributed by atoms with Gasteiger partial charge in [-0.15, -0.1) is 10.2 Å². The molecule has 0 atom stereocenters. The molecule has 1 aliphatic heterocycles. The second-order valence-electron chi connectivity index (χ2n) is 9.55. The van der Waals surface area contributed by atoms with Gasteiger partial charge >= 0.3 is 0 Å². The number of nitrogens with zero attached hydrogens (tertiary/aromatic N) is 6. The van der Waals surface area contributed by atoms with Crippen molar-refractivity contribution in [3.63, 3.8) is 0 Å². The first kappa shape index (κ1) is 22.3. The Balaban J connectivity index is 1.21. The standard InChI is InChI=1S/C24H25ClN6O3/c1-24(2,3)14-19-28-29-21(34-19)15-4-6-16(7-5-15)22(32)30-10-12-31(13-11-30)23-27-20-17(33-23)8-9-18(25)26-20/h4-9H,10-14H2,1-3H3.